The molecule has 0 unspecified atom stereocenters. The number of halogens is 1. The molecule has 0 saturated carbocycles. The Balaban J connectivity index is 1.72. The second-order valence-electron chi connectivity index (χ2n) is 5.69. The van der Waals surface area contributed by atoms with E-state index in [2.05, 4.69) is 10.3 Å². The smallest absolute Gasteiger partial charge is 0.229 e. The fourth-order valence-corrected chi connectivity index (χ4v) is 3.53. The summed E-state index contributed by atoms with van der Waals surface area (Å²) >= 11 is 1.48. The minimum atomic E-state index is -0.296. The summed E-state index contributed by atoms with van der Waals surface area (Å²) in [5.74, 6) is 0.346. The molecular weight excluding hydrogens is 351 g/mol. The molecule has 0 bridgehead atoms. The van der Waals surface area contributed by atoms with E-state index in [4.69, 9.17) is 4.74 Å². The molecule has 1 aromatic heterocycles. The molecule has 3 aromatic rings. The minimum Gasteiger partial charge on any atom is -0.494 e. The van der Waals surface area contributed by atoms with Crippen LogP contribution in [0.2, 0.25) is 0 Å². The number of thiazole rings is 1. The number of nitrogens with one attached hydrogen (secondary N) is 1. The Bertz CT molecular complexity index is 889. The number of ether oxygens (including phenoxy) is 1. The van der Waals surface area contributed by atoms with E-state index in [0.29, 0.717) is 12.3 Å². The van der Waals surface area contributed by atoms with Crippen LogP contribution in [-0.2, 0) is 11.2 Å². The predicted molar refractivity (Wildman–Crippen MR) is 102 cm³/mol. The van der Waals surface area contributed by atoms with Crippen molar-refractivity contribution in [3.05, 3.63) is 64.2 Å². The van der Waals surface area contributed by atoms with E-state index in [9.17, 15) is 9.18 Å². The first-order chi connectivity index (χ1) is 12.5. The highest BCUT2D eigenvalue weighted by atomic mass is 32.1. The number of carbonyl (C=O) groups is 1. The van der Waals surface area contributed by atoms with Crippen molar-refractivity contribution < 1.29 is 13.9 Å². The van der Waals surface area contributed by atoms with E-state index in [0.717, 1.165) is 26.9 Å². The van der Waals surface area contributed by atoms with Crippen molar-refractivity contribution >= 4 is 22.9 Å². The SMILES string of the molecule is CCOc1ccc(NC(=O)Cc2sc(C)nc2-c2ccc(F)cc2)cc1. The first-order valence-corrected chi connectivity index (χ1v) is 9.11. The highest BCUT2D eigenvalue weighted by Gasteiger charge is 2.15. The lowest BCUT2D eigenvalue weighted by Gasteiger charge is -2.07. The van der Waals surface area contributed by atoms with E-state index in [1.54, 1.807) is 12.1 Å². The lowest BCUT2D eigenvalue weighted by Crippen LogP contribution is -2.14. The van der Waals surface area contributed by atoms with Gasteiger partial charge in [-0.15, -0.1) is 11.3 Å². The van der Waals surface area contributed by atoms with Crippen LogP contribution >= 0.6 is 11.3 Å². The zero-order valence-corrected chi connectivity index (χ0v) is 15.4. The number of nitrogens with zero attached hydrogens (tertiary/aromatic N) is 1. The number of benzene rings is 2. The summed E-state index contributed by atoms with van der Waals surface area (Å²) in [6.07, 6.45) is 0.214. The van der Waals surface area contributed by atoms with Crippen LogP contribution in [0.1, 0.15) is 16.8 Å². The van der Waals surface area contributed by atoms with Crippen molar-refractivity contribution in [2.45, 2.75) is 20.3 Å². The maximum absolute atomic E-state index is 13.1. The Morgan fingerprint density at radius 1 is 1.15 bits per heavy atom. The van der Waals surface area contributed by atoms with Gasteiger partial charge in [0.05, 0.1) is 23.7 Å². The number of hydrogen-bond acceptors (Lipinski definition) is 4. The third-order valence-electron chi connectivity index (χ3n) is 3.69. The van der Waals surface area contributed by atoms with Gasteiger partial charge < -0.3 is 10.1 Å². The summed E-state index contributed by atoms with van der Waals surface area (Å²) < 4.78 is 18.5. The lowest BCUT2D eigenvalue weighted by atomic mass is 10.1. The minimum absolute atomic E-state index is 0.124. The van der Waals surface area contributed by atoms with Gasteiger partial charge >= 0.3 is 0 Å². The number of anilines is 1. The van der Waals surface area contributed by atoms with Gasteiger partial charge in [0, 0.05) is 16.1 Å². The number of aryl methyl sites for hydroxylation is 1. The zero-order valence-electron chi connectivity index (χ0n) is 14.6. The summed E-state index contributed by atoms with van der Waals surface area (Å²) in [5, 5.41) is 3.75. The fraction of sp³-hybridized carbons (Fsp3) is 0.200. The maximum Gasteiger partial charge on any atom is 0.229 e. The van der Waals surface area contributed by atoms with Gasteiger partial charge in [-0.05, 0) is 62.4 Å². The van der Waals surface area contributed by atoms with Gasteiger partial charge in [0.15, 0.2) is 0 Å². The molecule has 0 radical (unpaired) electrons. The molecule has 0 aliphatic rings. The lowest BCUT2D eigenvalue weighted by molar-refractivity contribution is -0.115. The van der Waals surface area contributed by atoms with Crippen LogP contribution < -0.4 is 10.1 Å². The van der Waals surface area contributed by atoms with Gasteiger partial charge in [0.25, 0.3) is 0 Å². The van der Waals surface area contributed by atoms with Crippen molar-refractivity contribution in [1.29, 1.82) is 0 Å². The van der Waals surface area contributed by atoms with Crippen LogP contribution in [0.5, 0.6) is 5.75 Å². The van der Waals surface area contributed by atoms with Gasteiger partial charge in [-0.2, -0.15) is 0 Å². The van der Waals surface area contributed by atoms with E-state index in [1.165, 1.54) is 23.5 Å². The van der Waals surface area contributed by atoms with Crippen LogP contribution in [0.25, 0.3) is 11.3 Å². The summed E-state index contributed by atoms with van der Waals surface area (Å²) in [4.78, 5) is 17.8. The average molecular weight is 370 g/mol. The quantitative estimate of drug-likeness (QED) is 0.676. The Labute approximate surface area is 155 Å². The number of aromatic nitrogens is 1. The Kier molecular flexibility index (Phi) is 5.63. The first-order valence-electron chi connectivity index (χ1n) is 8.30. The van der Waals surface area contributed by atoms with E-state index in [1.807, 2.05) is 38.1 Å². The molecular formula is C20H19FN2O2S. The van der Waals surface area contributed by atoms with Gasteiger partial charge in [0.1, 0.15) is 11.6 Å². The van der Waals surface area contributed by atoms with Crippen molar-refractivity contribution in [2.24, 2.45) is 0 Å². The van der Waals surface area contributed by atoms with Crippen LogP contribution in [0.4, 0.5) is 10.1 Å². The molecule has 0 atom stereocenters. The van der Waals surface area contributed by atoms with Crippen molar-refractivity contribution in [3.8, 4) is 17.0 Å². The van der Waals surface area contributed by atoms with E-state index < -0.39 is 0 Å². The van der Waals surface area contributed by atoms with Crippen molar-refractivity contribution in [1.82, 2.24) is 4.98 Å². The molecule has 1 N–H and O–H groups in total. The van der Waals surface area contributed by atoms with E-state index >= 15 is 0 Å². The van der Waals surface area contributed by atoms with Crippen LogP contribution in [-0.4, -0.2) is 17.5 Å². The average Bonchev–Trinajstić information content (AvgIpc) is 2.97. The molecule has 0 fully saturated rings. The highest BCUT2D eigenvalue weighted by molar-refractivity contribution is 7.12. The van der Waals surface area contributed by atoms with Crippen LogP contribution in [0.15, 0.2) is 48.5 Å². The van der Waals surface area contributed by atoms with Crippen molar-refractivity contribution in [3.63, 3.8) is 0 Å². The predicted octanol–water partition coefficient (Wildman–Crippen LogP) is 4.84. The van der Waals surface area contributed by atoms with Crippen LogP contribution in [0, 0.1) is 12.7 Å². The molecule has 3 rings (SSSR count). The highest BCUT2D eigenvalue weighted by Crippen LogP contribution is 2.29. The molecule has 0 aliphatic heterocycles. The Hall–Kier alpha value is -2.73. The summed E-state index contributed by atoms with van der Waals surface area (Å²) in [6, 6.07) is 13.4. The molecule has 1 heterocycles. The summed E-state index contributed by atoms with van der Waals surface area (Å²) in [7, 11) is 0. The second kappa shape index (κ2) is 8.10. The topological polar surface area (TPSA) is 51.2 Å². The standard InChI is InChI=1S/C20H19FN2O2S/c1-3-25-17-10-8-16(9-11-17)23-19(24)12-18-20(22-13(2)26-18)14-4-6-15(21)7-5-14/h4-11H,3,12H2,1-2H3,(H,23,24). The monoisotopic (exact) mass is 370 g/mol. The molecule has 26 heavy (non-hydrogen) atoms. The summed E-state index contributed by atoms with van der Waals surface area (Å²) in [5.41, 5.74) is 2.25. The molecule has 6 heteroatoms. The molecule has 134 valence electrons. The number of amides is 1. The van der Waals surface area contributed by atoms with Crippen LogP contribution in [0.3, 0.4) is 0 Å². The molecule has 0 saturated heterocycles. The largest absolute Gasteiger partial charge is 0.494 e. The normalized spacial score (nSPS) is 10.6. The number of rotatable bonds is 6. The second-order valence-corrected chi connectivity index (χ2v) is 6.98. The third-order valence-corrected chi connectivity index (χ3v) is 4.66. The van der Waals surface area contributed by atoms with Gasteiger partial charge in [-0.1, -0.05) is 0 Å². The van der Waals surface area contributed by atoms with E-state index in [-0.39, 0.29) is 18.1 Å². The number of hydrogen-bond donors (Lipinski definition) is 1. The molecule has 2 aromatic carbocycles. The first kappa shape index (κ1) is 18.1. The maximum atomic E-state index is 13.1. The zero-order chi connectivity index (χ0) is 18.5. The molecule has 0 spiro atoms. The summed E-state index contributed by atoms with van der Waals surface area (Å²) in [6.45, 7) is 4.42. The molecule has 4 nitrogen and oxygen atoms in total. The molecule has 0 aliphatic carbocycles. The van der Waals surface area contributed by atoms with Gasteiger partial charge in [0.2, 0.25) is 5.91 Å². The molecule has 1 amide bonds. The van der Waals surface area contributed by atoms with Gasteiger partial charge in [-0.25, -0.2) is 9.37 Å². The van der Waals surface area contributed by atoms with Gasteiger partial charge in [-0.3, -0.25) is 4.79 Å². The Morgan fingerprint density at radius 2 is 1.85 bits per heavy atom. The van der Waals surface area contributed by atoms with Crippen molar-refractivity contribution in [2.75, 3.05) is 11.9 Å². The fourth-order valence-electron chi connectivity index (χ4n) is 2.57. The Morgan fingerprint density at radius 3 is 2.50 bits per heavy atom. The number of carbonyl (C=O) groups excluding carboxylic acids is 1. The third kappa shape index (κ3) is 4.46.